The largest absolute Gasteiger partial charge is 0.490 e. The molecule has 0 radical (unpaired) electrons. The zero-order chi connectivity index (χ0) is 11.9. The zero-order valence-electron chi connectivity index (χ0n) is 10.2. The van der Waals surface area contributed by atoms with Gasteiger partial charge in [-0.05, 0) is 61.4 Å². The molecule has 3 heteroatoms. The Morgan fingerprint density at radius 2 is 1.88 bits per heavy atom. The van der Waals surface area contributed by atoms with Crippen LogP contribution in [0.1, 0.15) is 24.8 Å². The maximum absolute atomic E-state index is 5.98. The van der Waals surface area contributed by atoms with Crippen molar-refractivity contribution in [3.05, 3.63) is 29.8 Å². The van der Waals surface area contributed by atoms with Gasteiger partial charge in [-0.25, -0.2) is 0 Å². The standard InChI is InChI=1S/C14H21NOS/c15-9-1-2-12-3-5-13(6-4-12)16-14-7-10-17-11-8-14/h3-6,14H,1-2,7-11,15H2. The second-order valence-electron chi connectivity index (χ2n) is 4.47. The van der Waals surface area contributed by atoms with Crippen LogP contribution in [0.2, 0.25) is 0 Å². The molecule has 0 amide bonds. The van der Waals surface area contributed by atoms with E-state index in [0.717, 1.165) is 25.1 Å². The highest BCUT2D eigenvalue weighted by Gasteiger charge is 2.14. The number of benzene rings is 1. The highest BCUT2D eigenvalue weighted by Crippen LogP contribution is 2.23. The molecular formula is C14H21NOS. The molecule has 1 aliphatic heterocycles. The van der Waals surface area contributed by atoms with E-state index in [1.54, 1.807) is 0 Å². The van der Waals surface area contributed by atoms with Gasteiger partial charge in [-0.15, -0.1) is 0 Å². The van der Waals surface area contributed by atoms with Crippen LogP contribution in [0.4, 0.5) is 0 Å². The van der Waals surface area contributed by atoms with Crippen molar-refractivity contribution >= 4 is 11.8 Å². The fourth-order valence-corrected chi connectivity index (χ4v) is 3.09. The first-order chi connectivity index (χ1) is 8.38. The van der Waals surface area contributed by atoms with E-state index in [0.29, 0.717) is 6.10 Å². The van der Waals surface area contributed by atoms with E-state index in [4.69, 9.17) is 10.5 Å². The van der Waals surface area contributed by atoms with E-state index in [9.17, 15) is 0 Å². The van der Waals surface area contributed by atoms with E-state index in [1.165, 1.54) is 29.9 Å². The number of hydrogen-bond acceptors (Lipinski definition) is 3. The molecule has 17 heavy (non-hydrogen) atoms. The van der Waals surface area contributed by atoms with Crippen LogP contribution >= 0.6 is 11.8 Å². The summed E-state index contributed by atoms with van der Waals surface area (Å²) in [6.45, 7) is 0.762. The summed E-state index contributed by atoms with van der Waals surface area (Å²) in [4.78, 5) is 0. The average Bonchev–Trinajstić information content (AvgIpc) is 2.39. The van der Waals surface area contributed by atoms with E-state index < -0.39 is 0 Å². The molecule has 0 atom stereocenters. The molecule has 94 valence electrons. The minimum Gasteiger partial charge on any atom is -0.490 e. The van der Waals surface area contributed by atoms with E-state index in [1.807, 2.05) is 11.8 Å². The molecule has 0 saturated carbocycles. The van der Waals surface area contributed by atoms with Crippen LogP contribution in [-0.4, -0.2) is 24.2 Å². The predicted octanol–water partition coefficient (Wildman–Crippen LogP) is 2.85. The number of aryl methyl sites for hydroxylation is 1. The minimum absolute atomic E-state index is 0.422. The van der Waals surface area contributed by atoms with Crippen molar-refractivity contribution in [2.24, 2.45) is 5.73 Å². The van der Waals surface area contributed by atoms with Crippen molar-refractivity contribution in [1.29, 1.82) is 0 Å². The van der Waals surface area contributed by atoms with Crippen molar-refractivity contribution in [2.75, 3.05) is 18.1 Å². The third-order valence-corrected chi connectivity index (χ3v) is 4.11. The Bertz CT molecular complexity index is 319. The Balaban J connectivity index is 1.84. The molecule has 0 spiro atoms. The molecule has 1 saturated heterocycles. The van der Waals surface area contributed by atoms with Gasteiger partial charge in [0.2, 0.25) is 0 Å². The van der Waals surface area contributed by atoms with Crippen LogP contribution < -0.4 is 10.5 Å². The topological polar surface area (TPSA) is 35.2 Å². The first-order valence-electron chi connectivity index (χ1n) is 6.42. The Labute approximate surface area is 108 Å². The van der Waals surface area contributed by atoms with Gasteiger partial charge in [0.1, 0.15) is 11.9 Å². The molecule has 0 aromatic heterocycles. The van der Waals surface area contributed by atoms with Crippen molar-refractivity contribution < 1.29 is 4.74 Å². The lowest BCUT2D eigenvalue weighted by Gasteiger charge is -2.22. The lowest BCUT2D eigenvalue weighted by molar-refractivity contribution is 0.192. The van der Waals surface area contributed by atoms with Crippen molar-refractivity contribution in [3.63, 3.8) is 0 Å². The molecular weight excluding hydrogens is 230 g/mol. The fraction of sp³-hybridized carbons (Fsp3) is 0.571. The molecule has 0 unspecified atom stereocenters. The minimum atomic E-state index is 0.422. The molecule has 2 N–H and O–H groups in total. The predicted molar refractivity (Wildman–Crippen MR) is 74.8 cm³/mol. The van der Waals surface area contributed by atoms with Gasteiger partial charge in [0.05, 0.1) is 0 Å². The van der Waals surface area contributed by atoms with Crippen LogP contribution in [0.25, 0.3) is 0 Å². The number of hydrogen-bond donors (Lipinski definition) is 1. The second kappa shape index (κ2) is 6.92. The SMILES string of the molecule is NCCCc1ccc(OC2CCSCC2)cc1. The van der Waals surface area contributed by atoms with Gasteiger partial charge in [-0.3, -0.25) is 0 Å². The molecule has 2 nitrogen and oxygen atoms in total. The van der Waals surface area contributed by atoms with Crippen molar-refractivity contribution in [3.8, 4) is 5.75 Å². The van der Waals surface area contributed by atoms with Gasteiger partial charge in [-0.2, -0.15) is 11.8 Å². The molecule has 0 aliphatic carbocycles. The van der Waals surface area contributed by atoms with Crippen LogP contribution in [0.15, 0.2) is 24.3 Å². The normalized spacial score (nSPS) is 17.0. The Kier molecular flexibility index (Phi) is 5.20. The molecule has 1 fully saturated rings. The van der Waals surface area contributed by atoms with Gasteiger partial charge in [0.25, 0.3) is 0 Å². The van der Waals surface area contributed by atoms with E-state index >= 15 is 0 Å². The summed E-state index contributed by atoms with van der Waals surface area (Å²) in [5.74, 6) is 3.48. The lowest BCUT2D eigenvalue weighted by Crippen LogP contribution is -2.21. The summed E-state index contributed by atoms with van der Waals surface area (Å²) in [7, 11) is 0. The molecule has 1 heterocycles. The highest BCUT2D eigenvalue weighted by molar-refractivity contribution is 7.99. The molecule has 1 aromatic carbocycles. The summed E-state index contributed by atoms with van der Waals surface area (Å²) in [5, 5.41) is 0. The molecule has 2 rings (SSSR count). The molecule has 1 aromatic rings. The van der Waals surface area contributed by atoms with Gasteiger partial charge in [0, 0.05) is 0 Å². The maximum Gasteiger partial charge on any atom is 0.119 e. The van der Waals surface area contributed by atoms with Crippen LogP contribution in [0.3, 0.4) is 0 Å². The van der Waals surface area contributed by atoms with Crippen LogP contribution in [0, 0.1) is 0 Å². The summed E-state index contributed by atoms with van der Waals surface area (Å²) in [6.07, 6.45) is 4.90. The first kappa shape index (κ1) is 12.8. The van der Waals surface area contributed by atoms with Gasteiger partial charge >= 0.3 is 0 Å². The average molecular weight is 251 g/mol. The second-order valence-corrected chi connectivity index (χ2v) is 5.69. The van der Waals surface area contributed by atoms with Gasteiger partial charge < -0.3 is 10.5 Å². The lowest BCUT2D eigenvalue weighted by atomic mass is 10.1. The van der Waals surface area contributed by atoms with E-state index in [-0.39, 0.29) is 0 Å². The monoisotopic (exact) mass is 251 g/mol. The highest BCUT2D eigenvalue weighted by atomic mass is 32.2. The molecule has 0 bridgehead atoms. The van der Waals surface area contributed by atoms with Crippen molar-refractivity contribution in [2.45, 2.75) is 31.8 Å². The maximum atomic E-state index is 5.98. The van der Waals surface area contributed by atoms with Crippen LogP contribution in [-0.2, 0) is 6.42 Å². The molecule has 1 aliphatic rings. The summed E-state index contributed by atoms with van der Waals surface area (Å²) >= 11 is 2.03. The van der Waals surface area contributed by atoms with Gasteiger partial charge in [0.15, 0.2) is 0 Å². The summed E-state index contributed by atoms with van der Waals surface area (Å²) < 4.78 is 5.98. The van der Waals surface area contributed by atoms with E-state index in [2.05, 4.69) is 24.3 Å². The Morgan fingerprint density at radius 3 is 2.53 bits per heavy atom. The summed E-state index contributed by atoms with van der Waals surface area (Å²) in [5.41, 5.74) is 6.85. The number of ether oxygens (including phenoxy) is 1. The zero-order valence-corrected chi connectivity index (χ0v) is 11.0. The Morgan fingerprint density at radius 1 is 1.18 bits per heavy atom. The van der Waals surface area contributed by atoms with Crippen molar-refractivity contribution in [1.82, 2.24) is 0 Å². The third-order valence-electron chi connectivity index (χ3n) is 3.06. The van der Waals surface area contributed by atoms with Crippen LogP contribution in [0.5, 0.6) is 5.75 Å². The van der Waals surface area contributed by atoms with Gasteiger partial charge in [-0.1, -0.05) is 12.1 Å². The number of rotatable bonds is 5. The first-order valence-corrected chi connectivity index (χ1v) is 7.57. The smallest absolute Gasteiger partial charge is 0.119 e. The quantitative estimate of drug-likeness (QED) is 0.874. The number of nitrogens with two attached hydrogens (primary N) is 1. The number of thioether (sulfide) groups is 1. The third kappa shape index (κ3) is 4.25. The summed E-state index contributed by atoms with van der Waals surface area (Å²) in [6, 6.07) is 8.49. The fourth-order valence-electron chi connectivity index (χ4n) is 2.03. The Hall–Kier alpha value is -0.670.